The Labute approximate surface area is 116 Å². The number of carbonyl (C=O) groups is 3. The summed E-state index contributed by atoms with van der Waals surface area (Å²) in [5, 5.41) is 11.0. The van der Waals surface area contributed by atoms with Gasteiger partial charge in [-0.25, -0.2) is 9.69 Å². The van der Waals surface area contributed by atoms with Crippen LogP contribution in [-0.2, 0) is 16.0 Å². The molecule has 1 atom stereocenters. The highest BCUT2D eigenvalue weighted by molar-refractivity contribution is 6.27. The number of aliphatic hydroxyl groups excluding tert-OH is 1. The Morgan fingerprint density at radius 1 is 1.30 bits per heavy atom. The van der Waals surface area contributed by atoms with Gasteiger partial charge in [-0.15, -0.1) is 0 Å². The molecule has 0 aliphatic carbocycles. The first-order valence-electron chi connectivity index (χ1n) is 6.43. The predicted octanol–water partition coefficient (Wildman–Crippen LogP) is 0.830. The fraction of sp³-hybridized carbons (Fsp3) is 0.357. The van der Waals surface area contributed by atoms with E-state index < -0.39 is 23.8 Å². The zero-order valence-corrected chi connectivity index (χ0v) is 11.1. The number of amides is 4. The molecule has 1 aromatic carbocycles. The standard InChI is InChI=1S/C14H16N2O4/c1-9-12(18)15-14(20)16(13(9)19)11-6-2-4-10(8-11)5-3-7-17/h2,4,6,8-9,17H,3,5,7H2,1H3,(H,15,18,20). The molecule has 0 aromatic heterocycles. The van der Waals surface area contributed by atoms with Crippen LogP contribution in [0.1, 0.15) is 18.9 Å². The lowest BCUT2D eigenvalue weighted by molar-refractivity contribution is -0.133. The van der Waals surface area contributed by atoms with E-state index in [1.807, 2.05) is 6.07 Å². The lowest BCUT2D eigenvalue weighted by atomic mass is 10.1. The number of nitrogens with zero attached hydrogens (tertiary/aromatic N) is 1. The highest BCUT2D eigenvalue weighted by Crippen LogP contribution is 2.22. The molecule has 0 radical (unpaired) electrons. The van der Waals surface area contributed by atoms with Crippen molar-refractivity contribution in [3.8, 4) is 0 Å². The van der Waals surface area contributed by atoms with Gasteiger partial charge in [-0.2, -0.15) is 0 Å². The van der Waals surface area contributed by atoms with Crippen LogP contribution in [0.3, 0.4) is 0 Å². The number of carbonyl (C=O) groups excluding carboxylic acids is 3. The van der Waals surface area contributed by atoms with Gasteiger partial charge < -0.3 is 5.11 Å². The second-order valence-electron chi connectivity index (χ2n) is 4.69. The Balaban J connectivity index is 2.28. The van der Waals surface area contributed by atoms with Gasteiger partial charge in [-0.05, 0) is 37.5 Å². The van der Waals surface area contributed by atoms with Crippen molar-refractivity contribution in [2.75, 3.05) is 11.5 Å². The minimum absolute atomic E-state index is 0.0822. The second-order valence-corrected chi connectivity index (χ2v) is 4.69. The molecule has 0 spiro atoms. The van der Waals surface area contributed by atoms with Gasteiger partial charge >= 0.3 is 6.03 Å². The van der Waals surface area contributed by atoms with E-state index in [9.17, 15) is 14.4 Å². The summed E-state index contributed by atoms with van der Waals surface area (Å²) in [5.41, 5.74) is 1.35. The van der Waals surface area contributed by atoms with Gasteiger partial charge in [-0.3, -0.25) is 14.9 Å². The number of imide groups is 2. The molecule has 1 aromatic rings. The van der Waals surface area contributed by atoms with Crippen molar-refractivity contribution < 1.29 is 19.5 Å². The van der Waals surface area contributed by atoms with Crippen molar-refractivity contribution in [3.05, 3.63) is 29.8 Å². The summed E-state index contributed by atoms with van der Waals surface area (Å²) < 4.78 is 0. The summed E-state index contributed by atoms with van der Waals surface area (Å²) in [4.78, 5) is 36.3. The number of hydrogen-bond donors (Lipinski definition) is 2. The van der Waals surface area contributed by atoms with E-state index in [1.165, 1.54) is 6.92 Å². The van der Waals surface area contributed by atoms with E-state index in [0.717, 1.165) is 10.5 Å². The predicted molar refractivity (Wildman–Crippen MR) is 72.0 cm³/mol. The molecule has 2 rings (SSSR count). The van der Waals surface area contributed by atoms with Crippen molar-refractivity contribution >= 4 is 23.5 Å². The lowest BCUT2D eigenvalue weighted by Gasteiger charge is -2.28. The number of hydrogen-bond acceptors (Lipinski definition) is 4. The summed E-state index contributed by atoms with van der Waals surface area (Å²) in [5.74, 6) is -1.99. The first kappa shape index (κ1) is 14.2. The average molecular weight is 276 g/mol. The summed E-state index contributed by atoms with van der Waals surface area (Å²) in [6, 6.07) is 6.24. The Morgan fingerprint density at radius 3 is 2.75 bits per heavy atom. The quantitative estimate of drug-likeness (QED) is 0.797. The molecule has 4 amide bonds. The van der Waals surface area contributed by atoms with Crippen molar-refractivity contribution in [1.29, 1.82) is 0 Å². The van der Waals surface area contributed by atoms with Crippen LogP contribution in [0.2, 0.25) is 0 Å². The molecule has 1 saturated heterocycles. The van der Waals surface area contributed by atoms with E-state index in [0.29, 0.717) is 18.5 Å². The highest BCUT2D eigenvalue weighted by Gasteiger charge is 2.38. The number of aliphatic hydroxyl groups is 1. The number of rotatable bonds is 4. The van der Waals surface area contributed by atoms with Gasteiger partial charge in [0.15, 0.2) is 0 Å². The number of barbiturate groups is 1. The maximum Gasteiger partial charge on any atom is 0.335 e. The van der Waals surface area contributed by atoms with Gasteiger partial charge in [0.1, 0.15) is 5.92 Å². The molecule has 20 heavy (non-hydrogen) atoms. The second kappa shape index (κ2) is 5.83. The van der Waals surface area contributed by atoms with Gasteiger partial charge in [0, 0.05) is 6.61 Å². The van der Waals surface area contributed by atoms with Crippen LogP contribution >= 0.6 is 0 Å². The fourth-order valence-electron chi connectivity index (χ4n) is 2.05. The zero-order valence-electron chi connectivity index (χ0n) is 11.1. The van der Waals surface area contributed by atoms with Crippen LogP contribution < -0.4 is 10.2 Å². The number of urea groups is 1. The van der Waals surface area contributed by atoms with Crippen molar-refractivity contribution in [1.82, 2.24) is 5.32 Å². The molecule has 6 heteroatoms. The van der Waals surface area contributed by atoms with Gasteiger partial charge in [0.25, 0.3) is 0 Å². The first-order valence-corrected chi connectivity index (χ1v) is 6.43. The molecule has 1 fully saturated rings. The molecule has 2 N–H and O–H groups in total. The van der Waals surface area contributed by atoms with E-state index in [4.69, 9.17) is 5.11 Å². The van der Waals surface area contributed by atoms with Crippen LogP contribution in [0.15, 0.2) is 24.3 Å². The Kier molecular flexibility index (Phi) is 4.14. The van der Waals surface area contributed by atoms with Crippen LogP contribution in [0.4, 0.5) is 10.5 Å². The third kappa shape index (κ3) is 2.70. The number of benzene rings is 1. The molecule has 106 valence electrons. The van der Waals surface area contributed by atoms with Gasteiger partial charge in [0.2, 0.25) is 11.8 Å². The van der Waals surface area contributed by atoms with Crippen LogP contribution in [0.5, 0.6) is 0 Å². The maximum absolute atomic E-state index is 12.1. The highest BCUT2D eigenvalue weighted by atomic mass is 16.3. The van der Waals surface area contributed by atoms with Gasteiger partial charge in [0.05, 0.1) is 5.69 Å². The van der Waals surface area contributed by atoms with E-state index >= 15 is 0 Å². The lowest BCUT2D eigenvalue weighted by Crippen LogP contribution is -2.57. The minimum atomic E-state index is -0.881. The fourth-order valence-corrected chi connectivity index (χ4v) is 2.05. The third-order valence-electron chi connectivity index (χ3n) is 3.21. The zero-order chi connectivity index (χ0) is 14.7. The largest absolute Gasteiger partial charge is 0.396 e. The molecule has 1 aliphatic rings. The van der Waals surface area contributed by atoms with Gasteiger partial charge in [-0.1, -0.05) is 12.1 Å². The van der Waals surface area contributed by atoms with E-state index in [2.05, 4.69) is 5.32 Å². The van der Waals surface area contributed by atoms with E-state index in [-0.39, 0.29) is 6.61 Å². The number of nitrogens with one attached hydrogen (secondary N) is 1. The van der Waals surface area contributed by atoms with E-state index in [1.54, 1.807) is 18.2 Å². The molecule has 0 bridgehead atoms. The van der Waals surface area contributed by atoms with Crippen LogP contribution in [0.25, 0.3) is 0 Å². The first-order chi connectivity index (χ1) is 9.54. The van der Waals surface area contributed by atoms with Crippen molar-refractivity contribution in [3.63, 3.8) is 0 Å². The Hall–Kier alpha value is -2.21. The molecule has 6 nitrogen and oxygen atoms in total. The molecular formula is C14H16N2O4. The smallest absolute Gasteiger partial charge is 0.335 e. The minimum Gasteiger partial charge on any atom is -0.396 e. The summed E-state index contributed by atoms with van der Waals surface area (Å²) in [7, 11) is 0. The molecule has 1 aliphatic heterocycles. The average Bonchev–Trinajstić information content (AvgIpc) is 2.43. The van der Waals surface area contributed by atoms with Crippen molar-refractivity contribution in [2.45, 2.75) is 19.8 Å². The summed E-state index contributed by atoms with van der Waals surface area (Å²) in [6.07, 6.45) is 1.26. The Morgan fingerprint density at radius 2 is 2.05 bits per heavy atom. The molecule has 0 saturated carbocycles. The number of anilines is 1. The van der Waals surface area contributed by atoms with Crippen LogP contribution in [-0.4, -0.2) is 29.6 Å². The molecule has 1 heterocycles. The van der Waals surface area contributed by atoms with Crippen LogP contribution in [0, 0.1) is 5.92 Å². The normalized spacial score (nSPS) is 19.2. The SMILES string of the molecule is CC1C(=O)NC(=O)N(c2cccc(CCCO)c2)C1=O. The summed E-state index contributed by atoms with van der Waals surface area (Å²) in [6.45, 7) is 1.55. The maximum atomic E-state index is 12.1. The topological polar surface area (TPSA) is 86.7 Å². The third-order valence-corrected chi connectivity index (χ3v) is 3.21. The molecular weight excluding hydrogens is 260 g/mol. The number of aryl methyl sites for hydroxylation is 1. The summed E-state index contributed by atoms with van der Waals surface area (Å²) >= 11 is 0. The molecule has 1 unspecified atom stereocenters. The monoisotopic (exact) mass is 276 g/mol. The van der Waals surface area contributed by atoms with Crippen molar-refractivity contribution in [2.24, 2.45) is 5.92 Å². The Bertz CT molecular complexity index is 556.